The molecule has 0 atom stereocenters. The number of aromatic nitrogens is 2. The maximum Gasteiger partial charge on any atom is 0.247 e. The van der Waals surface area contributed by atoms with Gasteiger partial charge in [-0.05, 0) is 46.3 Å². The lowest BCUT2D eigenvalue weighted by Gasteiger charge is -1.95. The molecule has 3 aromatic rings. The predicted molar refractivity (Wildman–Crippen MR) is 69.4 cm³/mol. The number of pyridine rings is 1. The zero-order chi connectivity index (χ0) is 11.8. The molecule has 0 saturated carbocycles. The van der Waals surface area contributed by atoms with E-state index in [4.69, 9.17) is 10.2 Å². The molecule has 5 heteroatoms. The lowest BCUT2D eigenvalue weighted by Crippen LogP contribution is -1.83. The Morgan fingerprint density at radius 1 is 1.18 bits per heavy atom. The summed E-state index contributed by atoms with van der Waals surface area (Å²) >= 11 is 3.35. The average Bonchev–Trinajstić information content (AvgIpc) is 2.72. The van der Waals surface area contributed by atoms with E-state index in [1.165, 1.54) is 0 Å². The Balaban J connectivity index is 2.14. The molecule has 0 spiro atoms. The normalized spacial score (nSPS) is 10.9. The number of oxazole rings is 1. The van der Waals surface area contributed by atoms with Crippen LogP contribution >= 0.6 is 15.9 Å². The quantitative estimate of drug-likeness (QED) is 0.699. The third-order valence-corrected chi connectivity index (χ3v) is 2.81. The number of nitrogens with two attached hydrogens (primary N) is 1. The molecule has 84 valence electrons. The van der Waals surface area contributed by atoms with Gasteiger partial charge in [0.05, 0.1) is 0 Å². The number of rotatable bonds is 1. The van der Waals surface area contributed by atoms with Crippen molar-refractivity contribution in [2.75, 3.05) is 5.73 Å². The highest BCUT2D eigenvalue weighted by atomic mass is 79.9. The Kier molecular flexibility index (Phi) is 2.33. The molecule has 1 aromatic carbocycles. The van der Waals surface area contributed by atoms with Crippen molar-refractivity contribution in [2.45, 2.75) is 0 Å². The Labute approximate surface area is 106 Å². The van der Waals surface area contributed by atoms with Gasteiger partial charge in [0.1, 0.15) is 5.52 Å². The van der Waals surface area contributed by atoms with Crippen LogP contribution in [0.1, 0.15) is 0 Å². The number of hydrogen-bond acceptors (Lipinski definition) is 4. The second-order valence-electron chi connectivity index (χ2n) is 3.62. The molecule has 0 bridgehead atoms. The largest absolute Gasteiger partial charge is 0.418 e. The minimum atomic E-state index is 0.528. The van der Waals surface area contributed by atoms with E-state index in [2.05, 4.69) is 25.9 Å². The molecular formula is C12H8BrN3O. The monoisotopic (exact) mass is 289 g/mol. The summed E-state index contributed by atoms with van der Waals surface area (Å²) in [4.78, 5) is 8.52. The first-order chi connectivity index (χ1) is 8.22. The zero-order valence-electron chi connectivity index (χ0n) is 8.72. The first kappa shape index (κ1) is 10.3. The van der Waals surface area contributed by atoms with Crippen LogP contribution in [0, 0.1) is 0 Å². The molecule has 0 aliphatic rings. The fourth-order valence-corrected chi connectivity index (χ4v) is 1.87. The summed E-state index contributed by atoms with van der Waals surface area (Å²) in [5.41, 5.74) is 8.48. The van der Waals surface area contributed by atoms with Crippen LogP contribution in [0.3, 0.4) is 0 Å². The van der Waals surface area contributed by atoms with Crippen LogP contribution in [0.5, 0.6) is 0 Å². The molecule has 0 amide bonds. The number of benzene rings is 1. The first-order valence-corrected chi connectivity index (χ1v) is 5.80. The highest BCUT2D eigenvalue weighted by Crippen LogP contribution is 2.25. The molecule has 4 nitrogen and oxygen atoms in total. The van der Waals surface area contributed by atoms with Gasteiger partial charge in [-0.25, -0.2) is 9.97 Å². The van der Waals surface area contributed by atoms with Crippen LogP contribution in [-0.4, -0.2) is 9.97 Å². The molecule has 3 rings (SSSR count). The van der Waals surface area contributed by atoms with Gasteiger partial charge in [-0.1, -0.05) is 0 Å². The number of fused-ring (bicyclic) bond motifs is 1. The van der Waals surface area contributed by atoms with Gasteiger partial charge in [0, 0.05) is 21.9 Å². The smallest absolute Gasteiger partial charge is 0.247 e. The second kappa shape index (κ2) is 3.85. The average molecular weight is 290 g/mol. The first-order valence-electron chi connectivity index (χ1n) is 5.00. The number of anilines is 1. The third-order valence-electron chi connectivity index (χ3n) is 2.37. The molecule has 0 unspecified atom stereocenters. The highest BCUT2D eigenvalue weighted by molar-refractivity contribution is 9.10. The van der Waals surface area contributed by atoms with E-state index in [9.17, 15) is 0 Å². The van der Waals surface area contributed by atoms with E-state index in [0.717, 1.165) is 15.6 Å². The number of nitrogen functional groups attached to an aromatic ring is 1. The minimum absolute atomic E-state index is 0.528. The summed E-state index contributed by atoms with van der Waals surface area (Å²) in [6, 6.07) is 9.23. The Morgan fingerprint density at radius 2 is 1.94 bits per heavy atom. The summed E-state index contributed by atoms with van der Waals surface area (Å²) < 4.78 is 6.44. The van der Waals surface area contributed by atoms with Gasteiger partial charge in [-0.15, -0.1) is 0 Å². The topological polar surface area (TPSA) is 64.9 Å². The van der Waals surface area contributed by atoms with Crippen molar-refractivity contribution in [2.24, 2.45) is 0 Å². The molecule has 0 aliphatic carbocycles. The molecule has 0 radical (unpaired) electrons. The summed E-state index contributed by atoms with van der Waals surface area (Å²) in [6.07, 6.45) is 1.68. The van der Waals surface area contributed by atoms with E-state index < -0.39 is 0 Å². The maximum atomic E-state index is 5.63. The number of hydrogen-bond donors (Lipinski definition) is 1. The molecule has 0 aliphatic heterocycles. The summed E-state index contributed by atoms with van der Waals surface area (Å²) in [5, 5.41) is 0. The zero-order valence-corrected chi connectivity index (χ0v) is 10.3. The molecule has 2 heterocycles. The molecule has 2 N–H and O–H groups in total. The van der Waals surface area contributed by atoms with Gasteiger partial charge < -0.3 is 10.2 Å². The molecule has 2 aromatic heterocycles. The van der Waals surface area contributed by atoms with E-state index in [-0.39, 0.29) is 0 Å². The minimum Gasteiger partial charge on any atom is -0.418 e. The highest BCUT2D eigenvalue weighted by Gasteiger charge is 2.09. The third kappa shape index (κ3) is 1.89. The van der Waals surface area contributed by atoms with Gasteiger partial charge in [-0.3, -0.25) is 0 Å². The lowest BCUT2D eigenvalue weighted by molar-refractivity contribution is 0.608. The molecular weight excluding hydrogens is 282 g/mol. The molecule has 17 heavy (non-hydrogen) atoms. The summed E-state index contributed by atoms with van der Waals surface area (Å²) in [7, 11) is 0. The van der Waals surface area contributed by atoms with Crippen LogP contribution in [0.2, 0.25) is 0 Å². The van der Waals surface area contributed by atoms with Crippen molar-refractivity contribution >= 4 is 32.8 Å². The van der Waals surface area contributed by atoms with Crippen molar-refractivity contribution in [3.8, 4) is 11.5 Å². The molecule has 0 saturated heterocycles. The molecule has 0 fully saturated rings. The van der Waals surface area contributed by atoms with Crippen molar-refractivity contribution < 1.29 is 4.42 Å². The Hall–Kier alpha value is -1.88. The Morgan fingerprint density at radius 3 is 2.71 bits per heavy atom. The van der Waals surface area contributed by atoms with E-state index in [0.29, 0.717) is 17.3 Å². The van der Waals surface area contributed by atoms with Gasteiger partial charge in [0.25, 0.3) is 0 Å². The van der Waals surface area contributed by atoms with E-state index in [1.54, 1.807) is 6.20 Å². The maximum absolute atomic E-state index is 5.63. The van der Waals surface area contributed by atoms with Crippen molar-refractivity contribution in [1.82, 2.24) is 9.97 Å². The van der Waals surface area contributed by atoms with Crippen molar-refractivity contribution in [1.29, 1.82) is 0 Å². The predicted octanol–water partition coefficient (Wildman–Crippen LogP) is 3.23. The van der Waals surface area contributed by atoms with Crippen molar-refractivity contribution in [3.05, 3.63) is 41.0 Å². The Bertz CT molecular complexity index is 676. The summed E-state index contributed by atoms with van der Waals surface area (Å²) in [5.74, 6) is 0.547. The van der Waals surface area contributed by atoms with Crippen LogP contribution < -0.4 is 5.73 Å². The second-order valence-corrected chi connectivity index (χ2v) is 4.53. The van der Waals surface area contributed by atoms with Crippen LogP contribution in [0.15, 0.2) is 45.4 Å². The fourth-order valence-electron chi connectivity index (χ4n) is 1.55. The summed E-state index contributed by atoms with van der Waals surface area (Å²) in [6.45, 7) is 0. The van der Waals surface area contributed by atoms with Gasteiger partial charge in [0.15, 0.2) is 0 Å². The number of halogens is 1. The van der Waals surface area contributed by atoms with Gasteiger partial charge in [0.2, 0.25) is 11.6 Å². The van der Waals surface area contributed by atoms with Crippen LogP contribution in [-0.2, 0) is 0 Å². The van der Waals surface area contributed by atoms with Crippen LogP contribution in [0.25, 0.3) is 22.7 Å². The van der Waals surface area contributed by atoms with Crippen LogP contribution in [0.4, 0.5) is 5.69 Å². The van der Waals surface area contributed by atoms with Crippen molar-refractivity contribution in [3.63, 3.8) is 0 Å². The lowest BCUT2D eigenvalue weighted by atomic mass is 10.2. The van der Waals surface area contributed by atoms with E-state index >= 15 is 0 Å². The standard InChI is InChI=1S/C12H8BrN3O/c13-8-5-10-12(15-6-8)17-11(16-10)7-1-3-9(14)4-2-7/h1-6H,14H2. The van der Waals surface area contributed by atoms with Gasteiger partial charge >= 0.3 is 0 Å². The fraction of sp³-hybridized carbons (Fsp3) is 0. The van der Waals surface area contributed by atoms with E-state index in [1.807, 2.05) is 30.3 Å². The van der Waals surface area contributed by atoms with Gasteiger partial charge in [-0.2, -0.15) is 0 Å². The SMILES string of the molecule is Nc1ccc(-c2nc3cc(Br)cnc3o2)cc1. The number of nitrogens with zero attached hydrogens (tertiary/aromatic N) is 2.